The second kappa shape index (κ2) is 9.54. The van der Waals surface area contributed by atoms with E-state index in [1.54, 1.807) is 5.57 Å². The first-order valence-corrected chi connectivity index (χ1v) is 14.0. The lowest BCUT2D eigenvalue weighted by atomic mass is 9.47. The largest absolute Gasteiger partial charge is 0.469 e. The third kappa shape index (κ3) is 4.63. The molecule has 0 N–H and O–H groups in total. The van der Waals surface area contributed by atoms with Crippen LogP contribution in [0.5, 0.6) is 0 Å². The van der Waals surface area contributed by atoms with Crippen LogP contribution in [-0.4, -0.2) is 24.8 Å². The number of rotatable bonds is 6. The summed E-state index contributed by atoms with van der Waals surface area (Å²) < 4.78 is 4.94. The molecule has 3 saturated carbocycles. The molecule has 4 aliphatic carbocycles. The Hall–Kier alpha value is -0.870. The Bertz CT molecular complexity index is 781. The summed E-state index contributed by atoms with van der Waals surface area (Å²) in [6.45, 7) is 16.0. The molecular formula is C30H50O4. The summed E-state index contributed by atoms with van der Waals surface area (Å²) in [5, 5.41) is 0. The predicted molar refractivity (Wildman–Crippen MR) is 136 cm³/mol. The van der Waals surface area contributed by atoms with Crippen LogP contribution in [0.2, 0.25) is 0 Å². The number of carbonyl (C=O) groups is 1. The van der Waals surface area contributed by atoms with Crippen molar-refractivity contribution in [2.45, 2.75) is 118 Å². The number of carbonyl (C=O) groups excluding carboxylic acids is 1. The number of fused-ring (bicyclic) bond motifs is 5. The summed E-state index contributed by atoms with van der Waals surface area (Å²) in [6, 6.07) is 0. The van der Waals surface area contributed by atoms with E-state index in [9.17, 15) is 4.79 Å². The van der Waals surface area contributed by atoms with Gasteiger partial charge in [0.2, 0.25) is 0 Å². The Morgan fingerprint density at radius 1 is 1.15 bits per heavy atom. The van der Waals surface area contributed by atoms with Crippen LogP contribution in [0.4, 0.5) is 0 Å². The summed E-state index contributed by atoms with van der Waals surface area (Å²) in [5.74, 6) is 3.84. The fourth-order valence-electron chi connectivity index (χ4n) is 8.65. The maximum Gasteiger partial charge on any atom is 0.305 e. The molecule has 0 bridgehead atoms. The van der Waals surface area contributed by atoms with E-state index in [1.165, 1.54) is 52.1 Å². The van der Waals surface area contributed by atoms with Crippen LogP contribution in [0, 0.1) is 46.3 Å². The summed E-state index contributed by atoms with van der Waals surface area (Å²) >= 11 is 0. The molecule has 4 rings (SSSR count). The highest BCUT2D eigenvalue weighted by Gasteiger charge is 2.61. The average molecular weight is 475 g/mol. The van der Waals surface area contributed by atoms with Gasteiger partial charge < -0.3 is 4.74 Å². The van der Waals surface area contributed by atoms with Gasteiger partial charge in [-0.15, -0.1) is 0 Å². The third-order valence-electron chi connectivity index (χ3n) is 10.6. The van der Waals surface area contributed by atoms with Crippen molar-refractivity contribution in [3.63, 3.8) is 0 Å². The van der Waals surface area contributed by atoms with Crippen LogP contribution in [0.15, 0.2) is 11.6 Å². The summed E-state index contributed by atoms with van der Waals surface area (Å²) in [5.41, 5.74) is 1.70. The van der Waals surface area contributed by atoms with Gasteiger partial charge in [0, 0.05) is 11.8 Å². The van der Waals surface area contributed by atoms with Crippen molar-refractivity contribution in [1.82, 2.24) is 0 Å². The molecule has 34 heavy (non-hydrogen) atoms. The number of methoxy groups -OCH3 is 1. The normalized spacial score (nSPS) is 42.8. The Morgan fingerprint density at radius 3 is 2.56 bits per heavy atom. The zero-order valence-corrected chi connectivity index (χ0v) is 23.1. The van der Waals surface area contributed by atoms with Crippen LogP contribution in [0.25, 0.3) is 0 Å². The maximum absolute atomic E-state index is 11.9. The van der Waals surface area contributed by atoms with Crippen LogP contribution < -0.4 is 0 Å². The van der Waals surface area contributed by atoms with Crippen molar-refractivity contribution < 1.29 is 19.3 Å². The van der Waals surface area contributed by atoms with Crippen molar-refractivity contribution in [3.8, 4) is 0 Å². The highest BCUT2D eigenvalue weighted by atomic mass is 17.2. The second-order valence-electron chi connectivity index (χ2n) is 13.8. The highest BCUT2D eigenvalue weighted by Crippen LogP contribution is 2.67. The average Bonchev–Trinajstić information content (AvgIpc) is 3.13. The summed E-state index contributed by atoms with van der Waals surface area (Å²) in [6.07, 6.45) is 13.1. The molecule has 0 aromatic carbocycles. The van der Waals surface area contributed by atoms with E-state index in [4.69, 9.17) is 14.5 Å². The molecule has 0 heterocycles. The van der Waals surface area contributed by atoms with Gasteiger partial charge in [-0.05, 0) is 113 Å². The molecule has 4 nitrogen and oxygen atoms in total. The lowest BCUT2D eigenvalue weighted by molar-refractivity contribution is -0.385. The van der Waals surface area contributed by atoms with Crippen LogP contribution in [0.1, 0.15) is 106 Å². The third-order valence-corrected chi connectivity index (χ3v) is 10.6. The number of allylic oxidation sites excluding steroid dienone is 1. The maximum atomic E-state index is 11.9. The molecule has 0 aromatic heterocycles. The lowest BCUT2D eigenvalue weighted by Gasteiger charge is -2.58. The second-order valence-corrected chi connectivity index (χ2v) is 13.8. The Labute approximate surface area is 208 Å². The van der Waals surface area contributed by atoms with Crippen LogP contribution in [0.3, 0.4) is 0 Å². The van der Waals surface area contributed by atoms with E-state index >= 15 is 0 Å². The van der Waals surface area contributed by atoms with Gasteiger partial charge in [-0.3, -0.25) is 4.79 Å². The van der Waals surface area contributed by atoms with Crippen LogP contribution >= 0.6 is 0 Å². The van der Waals surface area contributed by atoms with Gasteiger partial charge in [0.25, 0.3) is 0 Å². The van der Waals surface area contributed by atoms with E-state index in [0.29, 0.717) is 35.5 Å². The van der Waals surface area contributed by atoms with E-state index in [1.807, 2.05) is 0 Å². The van der Waals surface area contributed by atoms with E-state index in [-0.39, 0.29) is 23.1 Å². The van der Waals surface area contributed by atoms with Crippen molar-refractivity contribution in [1.29, 1.82) is 0 Å². The van der Waals surface area contributed by atoms with Gasteiger partial charge in [0.05, 0.1) is 12.7 Å². The SMILES string of the molecule is COC(=O)CC[C@@H](C)[C@H]1CCC2C3CC[C@@H]4C[C@H](C)CC[C@]4(C)C3=CC(OOC(C)(C)C)[C@@]21C. The Morgan fingerprint density at radius 2 is 1.88 bits per heavy atom. The molecule has 9 atom stereocenters. The first kappa shape index (κ1) is 26.2. The number of hydrogen-bond acceptors (Lipinski definition) is 4. The van der Waals surface area contributed by atoms with E-state index in [0.717, 1.165) is 18.3 Å². The minimum absolute atomic E-state index is 0.0279. The first-order chi connectivity index (χ1) is 15.9. The first-order valence-electron chi connectivity index (χ1n) is 14.0. The minimum Gasteiger partial charge on any atom is -0.469 e. The Kier molecular flexibility index (Phi) is 7.35. The molecule has 0 spiro atoms. The van der Waals surface area contributed by atoms with Crippen molar-refractivity contribution >= 4 is 5.97 Å². The zero-order valence-electron chi connectivity index (χ0n) is 23.1. The molecular weight excluding hydrogens is 424 g/mol. The van der Waals surface area contributed by atoms with E-state index in [2.05, 4.69) is 54.5 Å². The molecule has 0 radical (unpaired) electrons. The van der Waals surface area contributed by atoms with Gasteiger partial charge in [0.1, 0.15) is 6.10 Å². The fourth-order valence-corrected chi connectivity index (χ4v) is 8.65. The molecule has 3 fully saturated rings. The molecule has 4 aliphatic rings. The van der Waals surface area contributed by atoms with Gasteiger partial charge in [-0.1, -0.05) is 39.3 Å². The zero-order chi connectivity index (χ0) is 24.9. The minimum atomic E-state index is -0.342. The van der Waals surface area contributed by atoms with Gasteiger partial charge in [0.15, 0.2) is 0 Å². The van der Waals surface area contributed by atoms with Crippen molar-refractivity contribution in [3.05, 3.63) is 11.6 Å². The quantitative estimate of drug-likeness (QED) is 0.173. The Balaban J connectivity index is 1.67. The molecule has 3 unspecified atom stereocenters. The predicted octanol–water partition coefficient (Wildman–Crippen LogP) is 7.52. The molecule has 0 amide bonds. The number of esters is 1. The van der Waals surface area contributed by atoms with Gasteiger partial charge in [-0.2, -0.15) is 0 Å². The fraction of sp³-hybridized carbons (Fsp3) is 0.900. The lowest BCUT2D eigenvalue weighted by Crippen LogP contribution is -2.54. The molecule has 194 valence electrons. The molecule has 0 saturated heterocycles. The number of ether oxygens (including phenoxy) is 1. The van der Waals surface area contributed by atoms with Crippen molar-refractivity contribution in [2.24, 2.45) is 46.3 Å². The standard InChI is InChI=1S/C30H50O4/c1-19-15-16-29(6)21(17-19)10-11-22-24-13-12-23(20(2)9-14-27(31)32-8)30(24,7)26(18-25(22)29)33-34-28(3,4)5/h18-24,26H,9-17H2,1-8H3/t19-,20-,21-,22?,23-,24?,26?,29+,30-/m1/s1. The number of hydrogen-bond donors (Lipinski definition) is 0. The van der Waals surface area contributed by atoms with Gasteiger partial charge in [-0.25, -0.2) is 9.78 Å². The summed E-state index contributed by atoms with van der Waals surface area (Å²) in [4.78, 5) is 24.3. The molecule has 0 aromatic rings. The highest BCUT2D eigenvalue weighted by molar-refractivity contribution is 5.69. The smallest absolute Gasteiger partial charge is 0.305 e. The van der Waals surface area contributed by atoms with Crippen LogP contribution in [-0.2, 0) is 19.3 Å². The van der Waals surface area contributed by atoms with E-state index < -0.39 is 0 Å². The van der Waals surface area contributed by atoms with Gasteiger partial charge >= 0.3 is 5.97 Å². The van der Waals surface area contributed by atoms with Crippen molar-refractivity contribution in [2.75, 3.05) is 7.11 Å². The molecule has 0 aliphatic heterocycles. The summed E-state index contributed by atoms with van der Waals surface area (Å²) in [7, 11) is 1.49. The monoisotopic (exact) mass is 474 g/mol. The molecule has 4 heteroatoms. The topological polar surface area (TPSA) is 44.8 Å².